The number of benzene rings is 2. The molecule has 0 radical (unpaired) electrons. The molecule has 172 valence electrons. The molecule has 0 unspecified atom stereocenters. The van der Waals surface area contributed by atoms with Crippen LogP contribution in [0.3, 0.4) is 0 Å². The summed E-state index contributed by atoms with van der Waals surface area (Å²) in [5.74, 6) is -1.14. The summed E-state index contributed by atoms with van der Waals surface area (Å²) < 4.78 is 48.4. The molecule has 1 nitrogen and oxygen atoms in total. The number of aryl methyl sites for hydroxylation is 1. The molecule has 1 fully saturated rings. The third-order valence-corrected chi connectivity index (χ3v) is 7.40. The highest BCUT2D eigenvalue weighted by Crippen LogP contribution is 2.38. The van der Waals surface area contributed by atoms with E-state index in [9.17, 15) is 13.2 Å². The number of allylic oxidation sites excluding steroid dienone is 1. The molecule has 0 atom stereocenters. The van der Waals surface area contributed by atoms with Gasteiger partial charge in [0.25, 0.3) is 0 Å². The molecule has 4 heteroatoms. The van der Waals surface area contributed by atoms with Gasteiger partial charge < -0.3 is 4.74 Å². The third kappa shape index (κ3) is 4.89. The van der Waals surface area contributed by atoms with E-state index in [4.69, 9.17) is 4.74 Å². The Balaban J connectivity index is 1.46. The lowest BCUT2D eigenvalue weighted by Crippen LogP contribution is -2.14. The fourth-order valence-electron chi connectivity index (χ4n) is 5.48. The van der Waals surface area contributed by atoms with Gasteiger partial charge in [-0.05, 0) is 72.9 Å². The maximum Gasteiger partial charge on any atom is 0.201 e. The second kappa shape index (κ2) is 10.1. The Bertz CT molecular complexity index is 987. The summed E-state index contributed by atoms with van der Waals surface area (Å²) in [6.07, 6.45) is 14.2. The van der Waals surface area contributed by atoms with Crippen LogP contribution < -0.4 is 4.74 Å². The fourth-order valence-corrected chi connectivity index (χ4v) is 5.48. The highest BCUT2D eigenvalue weighted by molar-refractivity contribution is 5.71. The van der Waals surface area contributed by atoms with Crippen molar-refractivity contribution in [3.05, 3.63) is 58.4 Å². The minimum Gasteiger partial charge on any atom is -0.494 e. The fraction of sp³-hybridized carbons (Fsp3) is 0.500. The van der Waals surface area contributed by atoms with Gasteiger partial charge in [0.2, 0.25) is 5.82 Å². The first kappa shape index (κ1) is 22.9. The van der Waals surface area contributed by atoms with E-state index in [1.165, 1.54) is 75.8 Å². The lowest BCUT2D eigenvalue weighted by Gasteiger charge is -2.29. The highest BCUT2D eigenvalue weighted by Gasteiger charge is 2.23. The number of hydrogen-bond donors (Lipinski definition) is 0. The van der Waals surface area contributed by atoms with Crippen molar-refractivity contribution in [2.75, 3.05) is 7.11 Å². The van der Waals surface area contributed by atoms with Crippen molar-refractivity contribution in [2.45, 2.75) is 71.1 Å². The van der Waals surface area contributed by atoms with E-state index in [2.05, 4.69) is 13.0 Å². The Morgan fingerprint density at radius 1 is 0.875 bits per heavy atom. The maximum atomic E-state index is 14.9. The molecule has 2 aliphatic carbocycles. The van der Waals surface area contributed by atoms with E-state index in [-0.39, 0.29) is 16.9 Å². The molecule has 0 aromatic heterocycles. The molecule has 0 N–H and O–H groups in total. The summed E-state index contributed by atoms with van der Waals surface area (Å²) in [7, 11) is 1.28. The zero-order valence-corrected chi connectivity index (χ0v) is 19.2. The van der Waals surface area contributed by atoms with Gasteiger partial charge in [0.1, 0.15) is 5.82 Å². The molecule has 4 rings (SSSR count). The zero-order valence-electron chi connectivity index (χ0n) is 19.2. The third-order valence-electron chi connectivity index (χ3n) is 7.40. The van der Waals surface area contributed by atoms with Crippen molar-refractivity contribution >= 4 is 6.08 Å². The van der Waals surface area contributed by atoms with Gasteiger partial charge in [-0.25, -0.2) is 8.78 Å². The average molecular weight is 443 g/mol. The van der Waals surface area contributed by atoms with Gasteiger partial charge >= 0.3 is 0 Å². The van der Waals surface area contributed by atoms with Crippen LogP contribution in [0.25, 0.3) is 17.2 Å². The number of fused-ring (bicyclic) bond motifs is 1. The van der Waals surface area contributed by atoms with E-state index in [0.29, 0.717) is 0 Å². The van der Waals surface area contributed by atoms with Crippen LogP contribution in [0.4, 0.5) is 13.2 Å². The Kier molecular flexibility index (Phi) is 7.27. The molecule has 0 amide bonds. The monoisotopic (exact) mass is 442 g/mol. The Hall–Kier alpha value is -2.23. The summed E-state index contributed by atoms with van der Waals surface area (Å²) in [6.45, 7) is 2.27. The molecule has 0 aliphatic heterocycles. The summed E-state index contributed by atoms with van der Waals surface area (Å²) in [5, 5.41) is 0. The first-order chi connectivity index (χ1) is 15.5. The molecule has 2 aromatic rings. The highest BCUT2D eigenvalue weighted by atomic mass is 19.2. The van der Waals surface area contributed by atoms with Gasteiger partial charge in [0.15, 0.2) is 11.6 Å². The summed E-state index contributed by atoms with van der Waals surface area (Å²) in [6, 6.07) is 5.86. The smallest absolute Gasteiger partial charge is 0.201 e. The predicted octanol–water partition coefficient (Wildman–Crippen LogP) is 8.50. The quantitative estimate of drug-likeness (QED) is 0.418. The zero-order chi connectivity index (χ0) is 22.7. The normalized spacial score (nSPS) is 20.6. The molecule has 2 aromatic carbocycles. The van der Waals surface area contributed by atoms with E-state index in [1.54, 1.807) is 6.07 Å². The average Bonchev–Trinajstić information content (AvgIpc) is 2.80. The Morgan fingerprint density at radius 2 is 1.59 bits per heavy atom. The van der Waals surface area contributed by atoms with Crippen LogP contribution in [0.2, 0.25) is 0 Å². The van der Waals surface area contributed by atoms with Gasteiger partial charge in [-0.3, -0.25) is 0 Å². The van der Waals surface area contributed by atoms with Gasteiger partial charge in [0, 0.05) is 11.1 Å². The number of rotatable bonds is 7. The maximum absolute atomic E-state index is 14.9. The number of halogens is 3. The minimum atomic E-state index is -1.09. The van der Waals surface area contributed by atoms with Crippen LogP contribution >= 0.6 is 0 Å². The molecule has 2 aliphatic rings. The Labute approximate surface area is 189 Å². The predicted molar refractivity (Wildman–Crippen MR) is 124 cm³/mol. The van der Waals surface area contributed by atoms with Crippen molar-refractivity contribution in [3.8, 4) is 16.9 Å². The van der Waals surface area contributed by atoms with Gasteiger partial charge in [-0.15, -0.1) is 0 Å². The van der Waals surface area contributed by atoms with E-state index in [0.717, 1.165) is 42.2 Å². The number of ether oxygens (including phenoxy) is 1. The van der Waals surface area contributed by atoms with E-state index in [1.807, 2.05) is 0 Å². The molecular weight excluding hydrogens is 409 g/mol. The van der Waals surface area contributed by atoms with Crippen molar-refractivity contribution < 1.29 is 17.9 Å². The summed E-state index contributed by atoms with van der Waals surface area (Å²) in [4.78, 5) is 0. The van der Waals surface area contributed by atoms with E-state index >= 15 is 0 Å². The molecule has 0 spiro atoms. The van der Waals surface area contributed by atoms with Gasteiger partial charge in [0.05, 0.1) is 7.11 Å². The lowest BCUT2D eigenvalue weighted by atomic mass is 9.77. The van der Waals surface area contributed by atoms with Gasteiger partial charge in [-0.1, -0.05) is 57.1 Å². The molecule has 1 saturated carbocycles. The van der Waals surface area contributed by atoms with E-state index < -0.39 is 17.5 Å². The SMILES string of the molecule is CCCC1CCC(CCC2=Cc3cc(F)c(-c4ccc(OC)c(F)c4F)cc3CC2)CC1. The van der Waals surface area contributed by atoms with Crippen molar-refractivity contribution in [1.29, 1.82) is 0 Å². The number of hydrogen-bond acceptors (Lipinski definition) is 1. The molecule has 32 heavy (non-hydrogen) atoms. The largest absolute Gasteiger partial charge is 0.494 e. The van der Waals surface area contributed by atoms with Crippen LogP contribution in [0, 0.1) is 29.3 Å². The second-order valence-electron chi connectivity index (χ2n) is 9.49. The van der Waals surface area contributed by atoms with Gasteiger partial charge in [-0.2, -0.15) is 4.39 Å². The number of methoxy groups -OCH3 is 1. The molecule has 0 bridgehead atoms. The molecular formula is C28H33F3O. The van der Waals surface area contributed by atoms with Crippen LogP contribution in [0.1, 0.15) is 75.8 Å². The first-order valence-electron chi connectivity index (χ1n) is 12.0. The second-order valence-corrected chi connectivity index (χ2v) is 9.49. The lowest BCUT2D eigenvalue weighted by molar-refractivity contribution is 0.252. The Morgan fingerprint density at radius 3 is 2.28 bits per heavy atom. The standard InChI is InChI=1S/C28H33F3O/c1-3-4-18-5-7-19(8-6-18)9-10-20-11-12-21-16-24(25(29)17-22(21)15-20)23-13-14-26(32-2)28(31)27(23)30/h13-19H,3-12H2,1-2H3. The van der Waals surface area contributed by atoms with Crippen molar-refractivity contribution in [1.82, 2.24) is 0 Å². The van der Waals surface area contributed by atoms with Crippen molar-refractivity contribution in [2.24, 2.45) is 11.8 Å². The minimum absolute atomic E-state index is 0.0722. The van der Waals surface area contributed by atoms with Crippen molar-refractivity contribution in [3.63, 3.8) is 0 Å². The van der Waals surface area contributed by atoms with Crippen LogP contribution in [-0.2, 0) is 6.42 Å². The topological polar surface area (TPSA) is 9.23 Å². The summed E-state index contributed by atoms with van der Waals surface area (Å²) in [5.41, 5.74) is 3.26. The molecule has 0 saturated heterocycles. The summed E-state index contributed by atoms with van der Waals surface area (Å²) >= 11 is 0. The first-order valence-corrected chi connectivity index (χ1v) is 12.0. The van der Waals surface area contributed by atoms with Crippen LogP contribution in [0.15, 0.2) is 29.8 Å². The van der Waals surface area contributed by atoms with Crippen LogP contribution in [0.5, 0.6) is 5.75 Å². The van der Waals surface area contributed by atoms with Crippen LogP contribution in [-0.4, -0.2) is 7.11 Å². The molecule has 0 heterocycles.